The SMILES string of the molecule is CCCN1CC(CNC)CNC1=O. The number of hydrogen-bond acceptors (Lipinski definition) is 2. The highest BCUT2D eigenvalue weighted by Gasteiger charge is 2.23. The molecular formula is C9H19N3O. The molecule has 1 unspecified atom stereocenters. The first-order valence-corrected chi connectivity index (χ1v) is 4.95. The van der Waals surface area contributed by atoms with Gasteiger partial charge in [0.15, 0.2) is 0 Å². The van der Waals surface area contributed by atoms with E-state index in [4.69, 9.17) is 0 Å². The highest BCUT2D eigenvalue weighted by Crippen LogP contribution is 2.06. The second-order valence-corrected chi connectivity index (χ2v) is 3.56. The molecule has 0 aromatic heterocycles. The lowest BCUT2D eigenvalue weighted by Crippen LogP contribution is -2.53. The first-order chi connectivity index (χ1) is 6.27. The smallest absolute Gasteiger partial charge is 0.317 e. The average molecular weight is 185 g/mol. The molecule has 1 heterocycles. The Bertz CT molecular complexity index is 172. The van der Waals surface area contributed by atoms with E-state index < -0.39 is 0 Å². The predicted octanol–water partition coefficient (Wildman–Crippen LogP) is 0.257. The zero-order chi connectivity index (χ0) is 9.68. The third-order valence-electron chi connectivity index (χ3n) is 2.29. The molecule has 0 aromatic carbocycles. The lowest BCUT2D eigenvalue weighted by molar-refractivity contribution is 0.167. The lowest BCUT2D eigenvalue weighted by atomic mass is 10.1. The number of nitrogens with zero attached hydrogens (tertiary/aromatic N) is 1. The Balaban J connectivity index is 2.38. The van der Waals surface area contributed by atoms with Crippen LogP contribution in [0.4, 0.5) is 4.79 Å². The van der Waals surface area contributed by atoms with Crippen LogP contribution in [0.3, 0.4) is 0 Å². The second kappa shape index (κ2) is 5.07. The fourth-order valence-corrected chi connectivity index (χ4v) is 1.69. The molecule has 13 heavy (non-hydrogen) atoms. The van der Waals surface area contributed by atoms with Crippen LogP contribution >= 0.6 is 0 Å². The van der Waals surface area contributed by atoms with Crippen LogP contribution in [0.5, 0.6) is 0 Å². The number of amides is 2. The summed E-state index contributed by atoms with van der Waals surface area (Å²) in [5.74, 6) is 0.550. The maximum atomic E-state index is 11.3. The van der Waals surface area contributed by atoms with E-state index in [0.29, 0.717) is 5.92 Å². The summed E-state index contributed by atoms with van der Waals surface area (Å²) >= 11 is 0. The monoisotopic (exact) mass is 185 g/mol. The zero-order valence-electron chi connectivity index (χ0n) is 8.47. The molecule has 76 valence electrons. The van der Waals surface area contributed by atoms with E-state index in [-0.39, 0.29) is 6.03 Å². The minimum Gasteiger partial charge on any atom is -0.338 e. The van der Waals surface area contributed by atoms with E-state index >= 15 is 0 Å². The molecule has 4 heteroatoms. The molecule has 0 saturated carbocycles. The van der Waals surface area contributed by atoms with Crippen molar-refractivity contribution in [3.05, 3.63) is 0 Å². The summed E-state index contributed by atoms with van der Waals surface area (Å²) in [4.78, 5) is 13.2. The Morgan fingerprint density at radius 1 is 1.69 bits per heavy atom. The van der Waals surface area contributed by atoms with Crippen molar-refractivity contribution in [2.24, 2.45) is 5.92 Å². The maximum absolute atomic E-state index is 11.3. The van der Waals surface area contributed by atoms with E-state index in [1.807, 2.05) is 11.9 Å². The quantitative estimate of drug-likeness (QED) is 0.659. The van der Waals surface area contributed by atoms with Crippen LogP contribution in [0.2, 0.25) is 0 Å². The van der Waals surface area contributed by atoms with Gasteiger partial charge in [-0.1, -0.05) is 6.92 Å². The molecule has 1 rings (SSSR count). The zero-order valence-corrected chi connectivity index (χ0v) is 8.47. The van der Waals surface area contributed by atoms with E-state index in [2.05, 4.69) is 17.6 Å². The van der Waals surface area contributed by atoms with Gasteiger partial charge in [0.05, 0.1) is 0 Å². The van der Waals surface area contributed by atoms with Gasteiger partial charge in [-0.3, -0.25) is 0 Å². The van der Waals surface area contributed by atoms with Crippen molar-refractivity contribution in [3.8, 4) is 0 Å². The molecule has 0 radical (unpaired) electrons. The number of carbonyl (C=O) groups is 1. The molecule has 1 fully saturated rings. The molecule has 0 bridgehead atoms. The topological polar surface area (TPSA) is 44.4 Å². The number of carbonyl (C=O) groups excluding carboxylic acids is 1. The van der Waals surface area contributed by atoms with Crippen LogP contribution in [-0.4, -0.2) is 44.2 Å². The van der Waals surface area contributed by atoms with Crippen molar-refractivity contribution in [1.29, 1.82) is 0 Å². The number of hydrogen-bond donors (Lipinski definition) is 2. The van der Waals surface area contributed by atoms with E-state index in [0.717, 1.165) is 32.6 Å². The molecule has 1 aliphatic rings. The number of nitrogens with one attached hydrogen (secondary N) is 2. The van der Waals surface area contributed by atoms with Gasteiger partial charge in [0, 0.05) is 32.1 Å². The van der Waals surface area contributed by atoms with Gasteiger partial charge in [-0.05, 0) is 13.5 Å². The van der Waals surface area contributed by atoms with Gasteiger partial charge in [-0.25, -0.2) is 4.79 Å². The Hall–Kier alpha value is -0.770. The number of urea groups is 1. The molecule has 2 amide bonds. The van der Waals surface area contributed by atoms with Gasteiger partial charge in [-0.2, -0.15) is 0 Å². The molecular weight excluding hydrogens is 166 g/mol. The van der Waals surface area contributed by atoms with E-state index in [1.54, 1.807) is 0 Å². The fraction of sp³-hybridized carbons (Fsp3) is 0.889. The van der Waals surface area contributed by atoms with Crippen LogP contribution in [-0.2, 0) is 0 Å². The van der Waals surface area contributed by atoms with Crippen LogP contribution in [0.1, 0.15) is 13.3 Å². The van der Waals surface area contributed by atoms with E-state index in [9.17, 15) is 4.79 Å². The third-order valence-corrected chi connectivity index (χ3v) is 2.29. The van der Waals surface area contributed by atoms with Gasteiger partial charge in [0.25, 0.3) is 0 Å². The van der Waals surface area contributed by atoms with Crippen molar-refractivity contribution in [2.75, 3.05) is 33.2 Å². The van der Waals surface area contributed by atoms with E-state index in [1.165, 1.54) is 0 Å². The van der Waals surface area contributed by atoms with Crippen LogP contribution in [0.15, 0.2) is 0 Å². The highest BCUT2D eigenvalue weighted by molar-refractivity contribution is 5.74. The minimum atomic E-state index is 0.0919. The molecule has 1 aliphatic heterocycles. The largest absolute Gasteiger partial charge is 0.338 e. The molecule has 4 nitrogen and oxygen atoms in total. The van der Waals surface area contributed by atoms with Gasteiger partial charge >= 0.3 is 6.03 Å². The maximum Gasteiger partial charge on any atom is 0.317 e. The van der Waals surface area contributed by atoms with Crippen molar-refractivity contribution < 1.29 is 4.79 Å². The fourth-order valence-electron chi connectivity index (χ4n) is 1.69. The summed E-state index contributed by atoms with van der Waals surface area (Å²) in [6.07, 6.45) is 1.03. The molecule has 1 atom stereocenters. The normalized spacial score (nSPS) is 23.1. The summed E-state index contributed by atoms with van der Waals surface area (Å²) in [5.41, 5.74) is 0. The predicted molar refractivity (Wildman–Crippen MR) is 52.7 cm³/mol. The molecule has 0 spiro atoms. The van der Waals surface area contributed by atoms with Crippen LogP contribution in [0, 0.1) is 5.92 Å². The molecule has 1 saturated heterocycles. The minimum absolute atomic E-state index is 0.0919. The third kappa shape index (κ3) is 2.88. The molecule has 2 N–H and O–H groups in total. The Labute approximate surface area is 79.7 Å². The summed E-state index contributed by atoms with van der Waals surface area (Å²) in [5, 5.41) is 6.04. The van der Waals surface area contributed by atoms with Gasteiger partial charge < -0.3 is 15.5 Å². The Morgan fingerprint density at radius 2 is 2.46 bits per heavy atom. The molecule has 0 aliphatic carbocycles. The van der Waals surface area contributed by atoms with Crippen LogP contribution in [0.25, 0.3) is 0 Å². The number of rotatable bonds is 4. The standard InChI is InChI=1S/C9H19N3O/c1-3-4-12-7-8(5-10-2)6-11-9(12)13/h8,10H,3-7H2,1-2H3,(H,11,13). The summed E-state index contributed by atoms with van der Waals surface area (Å²) in [6.45, 7) is 5.63. The lowest BCUT2D eigenvalue weighted by Gasteiger charge is -2.33. The van der Waals surface area contributed by atoms with Crippen molar-refractivity contribution in [1.82, 2.24) is 15.5 Å². The summed E-state index contributed by atoms with van der Waals surface area (Å²) in [6, 6.07) is 0.0919. The van der Waals surface area contributed by atoms with Crippen LogP contribution < -0.4 is 10.6 Å². The van der Waals surface area contributed by atoms with Crippen molar-refractivity contribution in [2.45, 2.75) is 13.3 Å². The summed E-state index contributed by atoms with van der Waals surface area (Å²) in [7, 11) is 1.95. The summed E-state index contributed by atoms with van der Waals surface area (Å²) < 4.78 is 0. The highest BCUT2D eigenvalue weighted by atomic mass is 16.2. The van der Waals surface area contributed by atoms with Gasteiger partial charge in [0.1, 0.15) is 0 Å². The van der Waals surface area contributed by atoms with Gasteiger partial charge in [-0.15, -0.1) is 0 Å². The van der Waals surface area contributed by atoms with Crippen molar-refractivity contribution in [3.63, 3.8) is 0 Å². The molecule has 0 aromatic rings. The van der Waals surface area contributed by atoms with Gasteiger partial charge in [0.2, 0.25) is 0 Å². The second-order valence-electron chi connectivity index (χ2n) is 3.56. The van der Waals surface area contributed by atoms with Crippen molar-refractivity contribution >= 4 is 6.03 Å². The Morgan fingerprint density at radius 3 is 3.08 bits per heavy atom. The average Bonchev–Trinajstić information content (AvgIpc) is 2.12. The Kier molecular flexibility index (Phi) is 4.02. The first-order valence-electron chi connectivity index (χ1n) is 4.95. The first kappa shape index (κ1) is 10.3.